The summed E-state index contributed by atoms with van der Waals surface area (Å²) in [7, 11) is 0. The summed E-state index contributed by atoms with van der Waals surface area (Å²) in [4.78, 5) is 21.6. The van der Waals surface area contributed by atoms with E-state index >= 15 is 0 Å². The van der Waals surface area contributed by atoms with Crippen molar-refractivity contribution in [2.75, 3.05) is 0 Å². The molecule has 0 saturated heterocycles. The standard InChI is InChI=1S/C10H18O2S/c1-8(12)13-10(4,5)6-9(2,3)7-11/h7H,6H2,1-5H3. The maximum Gasteiger partial charge on any atom is 0.186 e. The molecular formula is C10H18O2S. The van der Waals surface area contributed by atoms with Crippen LogP contribution in [0.2, 0.25) is 0 Å². The van der Waals surface area contributed by atoms with Crippen LogP contribution in [0.5, 0.6) is 0 Å². The van der Waals surface area contributed by atoms with Crippen molar-refractivity contribution in [2.45, 2.75) is 45.8 Å². The van der Waals surface area contributed by atoms with Crippen LogP contribution in [-0.2, 0) is 9.59 Å². The molecule has 0 aromatic carbocycles. The number of hydrogen-bond donors (Lipinski definition) is 0. The fourth-order valence-corrected chi connectivity index (χ4v) is 2.79. The van der Waals surface area contributed by atoms with Crippen LogP contribution in [0, 0.1) is 5.41 Å². The van der Waals surface area contributed by atoms with E-state index < -0.39 is 0 Å². The highest BCUT2D eigenvalue weighted by molar-refractivity contribution is 8.14. The SMILES string of the molecule is CC(=O)SC(C)(C)CC(C)(C)C=O. The molecule has 0 unspecified atom stereocenters. The Morgan fingerprint density at radius 2 is 1.77 bits per heavy atom. The molecule has 0 radical (unpaired) electrons. The van der Waals surface area contributed by atoms with Crippen molar-refractivity contribution in [3.05, 3.63) is 0 Å². The van der Waals surface area contributed by atoms with Crippen LogP contribution in [0.4, 0.5) is 0 Å². The second-order valence-corrected chi connectivity index (χ2v) is 6.52. The van der Waals surface area contributed by atoms with Gasteiger partial charge in [-0.05, 0) is 6.42 Å². The highest BCUT2D eigenvalue weighted by Crippen LogP contribution is 2.36. The van der Waals surface area contributed by atoms with Gasteiger partial charge in [-0.25, -0.2) is 0 Å². The Morgan fingerprint density at radius 3 is 2.08 bits per heavy atom. The zero-order valence-corrected chi connectivity index (χ0v) is 9.83. The van der Waals surface area contributed by atoms with E-state index in [0.717, 1.165) is 6.29 Å². The monoisotopic (exact) mass is 202 g/mol. The summed E-state index contributed by atoms with van der Waals surface area (Å²) in [5.74, 6) is 0. The third kappa shape index (κ3) is 5.86. The number of rotatable bonds is 4. The van der Waals surface area contributed by atoms with Crippen LogP contribution in [0.1, 0.15) is 41.0 Å². The molecule has 0 amide bonds. The lowest BCUT2D eigenvalue weighted by Gasteiger charge is -2.29. The molecule has 0 N–H and O–H groups in total. The van der Waals surface area contributed by atoms with E-state index in [1.807, 2.05) is 27.7 Å². The quantitative estimate of drug-likeness (QED) is 0.657. The van der Waals surface area contributed by atoms with Gasteiger partial charge in [-0.2, -0.15) is 0 Å². The Morgan fingerprint density at radius 1 is 1.31 bits per heavy atom. The van der Waals surface area contributed by atoms with Gasteiger partial charge in [0.2, 0.25) is 0 Å². The molecule has 0 spiro atoms. The van der Waals surface area contributed by atoms with Crippen LogP contribution in [0.3, 0.4) is 0 Å². The first-order valence-corrected chi connectivity index (χ1v) is 5.16. The minimum atomic E-state index is -0.341. The summed E-state index contributed by atoms with van der Waals surface area (Å²) < 4.78 is -0.157. The van der Waals surface area contributed by atoms with E-state index in [2.05, 4.69) is 0 Å². The summed E-state index contributed by atoms with van der Waals surface area (Å²) in [6, 6.07) is 0. The number of hydrogen-bond acceptors (Lipinski definition) is 3. The molecular weight excluding hydrogens is 184 g/mol. The highest BCUT2D eigenvalue weighted by Gasteiger charge is 2.30. The third-order valence-corrected chi connectivity index (χ3v) is 2.60. The van der Waals surface area contributed by atoms with E-state index in [0.29, 0.717) is 6.42 Å². The molecule has 0 aromatic heterocycles. The van der Waals surface area contributed by atoms with Gasteiger partial charge in [-0.3, -0.25) is 4.79 Å². The second kappa shape index (κ2) is 4.27. The van der Waals surface area contributed by atoms with Crippen molar-refractivity contribution in [3.8, 4) is 0 Å². The predicted octanol–water partition coefficient (Wildman–Crippen LogP) is 2.66. The average Bonchev–Trinajstić information content (AvgIpc) is 1.81. The zero-order valence-electron chi connectivity index (χ0n) is 9.01. The van der Waals surface area contributed by atoms with Gasteiger partial charge in [-0.1, -0.05) is 39.5 Å². The Bertz CT molecular complexity index is 207. The lowest BCUT2D eigenvalue weighted by Crippen LogP contribution is -2.27. The maximum absolute atomic E-state index is 10.9. The Kier molecular flexibility index (Phi) is 4.17. The summed E-state index contributed by atoms with van der Waals surface area (Å²) in [5, 5.41) is 0.103. The van der Waals surface area contributed by atoms with Gasteiger partial charge in [0.1, 0.15) is 6.29 Å². The van der Waals surface area contributed by atoms with Crippen molar-refractivity contribution in [3.63, 3.8) is 0 Å². The van der Waals surface area contributed by atoms with Crippen molar-refractivity contribution < 1.29 is 9.59 Å². The number of carbonyl (C=O) groups excluding carboxylic acids is 2. The lowest BCUT2D eigenvalue weighted by atomic mass is 9.85. The van der Waals surface area contributed by atoms with Crippen molar-refractivity contribution in [1.29, 1.82) is 0 Å². The zero-order chi connectivity index (χ0) is 10.7. The minimum Gasteiger partial charge on any atom is -0.303 e. The normalized spacial score (nSPS) is 12.7. The highest BCUT2D eigenvalue weighted by atomic mass is 32.2. The fourth-order valence-electron chi connectivity index (χ4n) is 1.56. The molecule has 3 heteroatoms. The van der Waals surface area contributed by atoms with Crippen molar-refractivity contribution >= 4 is 23.2 Å². The van der Waals surface area contributed by atoms with Gasteiger partial charge >= 0.3 is 0 Å². The van der Waals surface area contributed by atoms with Gasteiger partial charge in [0, 0.05) is 17.1 Å². The molecule has 0 rings (SSSR count). The average molecular weight is 202 g/mol. The molecule has 0 bridgehead atoms. The van der Waals surface area contributed by atoms with E-state index in [1.165, 1.54) is 11.8 Å². The largest absolute Gasteiger partial charge is 0.303 e. The Balaban J connectivity index is 4.32. The Hall–Kier alpha value is -0.310. The van der Waals surface area contributed by atoms with Gasteiger partial charge < -0.3 is 4.79 Å². The molecule has 0 aliphatic heterocycles. The first-order valence-electron chi connectivity index (χ1n) is 4.34. The van der Waals surface area contributed by atoms with E-state index in [1.54, 1.807) is 6.92 Å². The van der Waals surface area contributed by atoms with Gasteiger partial charge in [0.15, 0.2) is 5.12 Å². The molecule has 13 heavy (non-hydrogen) atoms. The number of aldehydes is 1. The fraction of sp³-hybridized carbons (Fsp3) is 0.800. The Labute approximate surface area is 84.5 Å². The number of thioether (sulfide) groups is 1. The van der Waals surface area contributed by atoms with E-state index in [9.17, 15) is 9.59 Å². The van der Waals surface area contributed by atoms with Crippen LogP contribution < -0.4 is 0 Å². The van der Waals surface area contributed by atoms with Crippen LogP contribution in [-0.4, -0.2) is 16.1 Å². The van der Waals surface area contributed by atoms with Crippen molar-refractivity contribution in [1.82, 2.24) is 0 Å². The molecule has 0 heterocycles. The summed E-state index contributed by atoms with van der Waals surface area (Å²) in [6.45, 7) is 9.32. The lowest BCUT2D eigenvalue weighted by molar-refractivity contribution is -0.115. The molecule has 2 nitrogen and oxygen atoms in total. The first kappa shape index (κ1) is 12.7. The van der Waals surface area contributed by atoms with E-state index in [4.69, 9.17) is 0 Å². The van der Waals surface area contributed by atoms with E-state index in [-0.39, 0.29) is 15.3 Å². The second-order valence-electron chi connectivity index (χ2n) is 4.64. The molecule has 76 valence electrons. The summed E-state index contributed by atoms with van der Waals surface area (Å²) >= 11 is 1.30. The van der Waals surface area contributed by atoms with Crippen molar-refractivity contribution in [2.24, 2.45) is 5.41 Å². The van der Waals surface area contributed by atoms with Crippen LogP contribution >= 0.6 is 11.8 Å². The molecule has 0 aliphatic rings. The smallest absolute Gasteiger partial charge is 0.186 e. The molecule has 0 aliphatic carbocycles. The van der Waals surface area contributed by atoms with Gasteiger partial charge in [-0.15, -0.1) is 0 Å². The topological polar surface area (TPSA) is 34.1 Å². The van der Waals surface area contributed by atoms with Gasteiger partial charge in [0.05, 0.1) is 0 Å². The molecule has 0 atom stereocenters. The summed E-state index contributed by atoms with van der Waals surface area (Å²) in [6.07, 6.45) is 1.67. The molecule has 0 aromatic rings. The molecule has 0 saturated carbocycles. The van der Waals surface area contributed by atoms with Gasteiger partial charge in [0.25, 0.3) is 0 Å². The third-order valence-electron chi connectivity index (χ3n) is 1.62. The predicted molar refractivity (Wildman–Crippen MR) is 56.8 cm³/mol. The van der Waals surface area contributed by atoms with Crippen LogP contribution in [0.25, 0.3) is 0 Å². The molecule has 0 fully saturated rings. The minimum absolute atomic E-state index is 0.103. The number of carbonyl (C=O) groups is 2. The van der Waals surface area contributed by atoms with Crippen LogP contribution in [0.15, 0.2) is 0 Å². The first-order chi connectivity index (χ1) is 5.68. The summed E-state index contributed by atoms with van der Waals surface area (Å²) in [5.41, 5.74) is -0.341. The maximum atomic E-state index is 10.9.